The van der Waals surface area contributed by atoms with E-state index >= 15 is 0 Å². The van der Waals surface area contributed by atoms with E-state index in [-0.39, 0.29) is 11.5 Å². The van der Waals surface area contributed by atoms with Gasteiger partial charge in [-0.3, -0.25) is 0 Å². The van der Waals surface area contributed by atoms with Crippen LogP contribution < -0.4 is 10.6 Å². The maximum absolute atomic E-state index is 5.93. The quantitative estimate of drug-likeness (QED) is 0.910. The molecule has 1 atom stereocenters. The van der Waals surface area contributed by atoms with Crippen molar-refractivity contribution in [2.75, 3.05) is 30.3 Å². The van der Waals surface area contributed by atoms with Gasteiger partial charge >= 0.3 is 0 Å². The second-order valence-electron chi connectivity index (χ2n) is 6.85. The summed E-state index contributed by atoms with van der Waals surface area (Å²) in [6, 6.07) is 1.96. The van der Waals surface area contributed by atoms with E-state index < -0.39 is 0 Å². The summed E-state index contributed by atoms with van der Waals surface area (Å²) in [5, 5.41) is 3.16. The molecule has 0 amide bonds. The highest BCUT2D eigenvalue weighted by molar-refractivity contribution is 7.09. The third kappa shape index (κ3) is 3.61. The normalized spacial score (nSPS) is 19.1. The van der Waals surface area contributed by atoms with Crippen LogP contribution >= 0.6 is 11.3 Å². The maximum Gasteiger partial charge on any atom is 0.222 e. The minimum absolute atomic E-state index is 0.0265. The zero-order chi connectivity index (χ0) is 16.6. The van der Waals surface area contributed by atoms with Crippen LogP contribution in [0.15, 0.2) is 11.4 Å². The van der Waals surface area contributed by atoms with Gasteiger partial charge in [0.2, 0.25) is 5.95 Å². The Kier molecular flexibility index (Phi) is 4.25. The predicted molar refractivity (Wildman–Crippen MR) is 92.9 cm³/mol. The number of ether oxygens (including phenoxy) is 1. The number of aromatic nitrogens is 3. The van der Waals surface area contributed by atoms with Crippen LogP contribution in [0.3, 0.4) is 0 Å². The fraction of sp³-hybridized carbons (Fsp3) is 0.562. The molecule has 3 rings (SSSR count). The predicted octanol–water partition coefficient (Wildman–Crippen LogP) is 2.70. The van der Waals surface area contributed by atoms with Crippen molar-refractivity contribution >= 4 is 23.1 Å². The van der Waals surface area contributed by atoms with Crippen LogP contribution in [-0.2, 0) is 10.2 Å². The van der Waals surface area contributed by atoms with E-state index in [9.17, 15) is 0 Å². The van der Waals surface area contributed by atoms with Gasteiger partial charge in [-0.2, -0.15) is 4.98 Å². The monoisotopic (exact) mass is 333 g/mol. The summed E-state index contributed by atoms with van der Waals surface area (Å²) in [6.45, 7) is 10.6. The average molecular weight is 333 g/mol. The lowest BCUT2D eigenvalue weighted by atomic mass is 9.93. The number of morpholine rings is 1. The zero-order valence-electron chi connectivity index (χ0n) is 14.0. The smallest absolute Gasteiger partial charge is 0.222 e. The Balaban J connectivity index is 1.79. The van der Waals surface area contributed by atoms with Crippen LogP contribution in [0.2, 0.25) is 0 Å². The van der Waals surface area contributed by atoms with Crippen LogP contribution in [-0.4, -0.2) is 34.6 Å². The number of nitrogens with two attached hydrogens (primary N) is 1. The van der Waals surface area contributed by atoms with E-state index in [4.69, 9.17) is 15.5 Å². The summed E-state index contributed by atoms with van der Waals surface area (Å²) in [6.07, 6.45) is -0.0265. The second-order valence-corrected chi connectivity index (χ2v) is 7.74. The lowest BCUT2D eigenvalue weighted by Crippen LogP contribution is -2.39. The van der Waals surface area contributed by atoms with Crippen LogP contribution in [0.5, 0.6) is 0 Å². The van der Waals surface area contributed by atoms with Crippen molar-refractivity contribution in [1.82, 2.24) is 15.0 Å². The number of hydrogen-bond acceptors (Lipinski definition) is 7. The zero-order valence-corrected chi connectivity index (χ0v) is 14.9. The molecule has 0 aromatic carbocycles. The summed E-state index contributed by atoms with van der Waals surface area (Å²) < 4.78 is 5.93. The van der Waals surface area contributed by atoms with Crippen molar-refractivity contribution in [3.05, 3.63) is 27.8 Å². The van der Waals surface area contributed by atoms with E-state index in [2.05, 4.69) is 41.0 Å². The Labute approximate surface area is 140 Å². The molecule has 2 N–H and O–H groups in total. The molecule has 124 valence electrons. The van der Waals surface area contributed by atoms with E-state index in [1.54, 1.807) is 11.3 Å². The molecule has 1 fully saturated rings. The summed E-state index contributed by atoms with van der Waals surface area (Å²) in [7, 11) is 0. The standard InChI is InChI=1S/C16H23N5OS/c1-10-7-13(20-15(17)18-10)21-5-6-22-11(8-21)14-19-12(9-23-14)16(2,3)4/h7,9,11H,5-6,8H2,1-4H3,(H2,17,18,20)/t11-/m1/s1. The van der Waals surface area contributed by atoms with Crippen molar-refractivity contribution in [2.24, 2.45) is 0 Å². The van der Waals surface area contributed by atoms with Crippen molar-refractivity contribution in [2.45, 2.75) is 39.2 Å². The molecule has 23 heavy (non-hydrogen) atoms. The topological polar surface area (TPSA) is 77.2 Å². The summed E-state index contributed by atoms with van der Waals surface area (Å²) >= 11 is 1.67. The minimum atomic E-state index is -0.0265. The fourth-order valence-electron chi connectivity index (χ4n) is 2.52. The molecule has 3 heterocycles. The Bertz CT molecular complexity index is 674. The molecule has 0 unspecified atom stereocenters. The lowest BCUT2D eigenvalue weighted by molar-refractivity contribution is 0.0392. The summed E-state index contributed by atoms with van der Waals surface area (Å²) in [5.74, 6) is 1.17. The van der Waals surface area contributed by atoms with E-state index in [0.29, 0.717) is 12.6 Å². The Morgan fingerprint density at radius 3 is 2.74 bits per heavy atom. The van der Waals surface area contributed by atoms with Gasteiger partial charge in [0.1, 0.15) is 16.9 Å². The molecule has 0 bridgehead atoms. The highest BCUT2D eigenvalue weighted by Gasteiger charge is 2.27. The second kappa shape index (κ2) is 6.05. The molecule has 1 saturated heterocycles. The first-order chi connectivity index (χ1) is 10.8. The van der Waals surface area contributed by atoms with Gasteiger partial charge < -0.3 is 15.4 Å². The SMILES string of the molecule is Cc1cc(N2CCO[C@@H](c3nc(C(C)(C)C)cs3)C2)nc(N)n1. The van der Waals surface area contributed by atoms with Crippen molar-refractivity contribution in [3.63, 3.8) is 0 Å². The van der Waals surface area contributed by atoms with Gasteiger partial charge in [0.15, 0.2) is 0 Å². The molecule has 2 aromatic rings. The van der Waals surface area contributed by atoms with E-state index in [1.165, 1.54) is 0 Å². The lowest BCUT2D eigenvalue weighted by Gasteiger charge is -2.33. The molecular formula is C16H23N5OS. The molecule has 1 aliphatic heterocycles. The number of aryl methyl sites for hydroxylation is 1. The van der Waals surface area contributed by atoms with Crippen molar-refractivity contribution < 1.29 is 4.74 Å². The fourth-order valence-corrected chi connectivity index (χ4v) is 3.61. The Morgan fingerprint density at radius 1 is 1.30 bits per heavy atom. The van der Waals surface area contributed by atoms with Gasteiger partial charge in [-0.1, -0.05) is 20.8 Å². The van der Waals surface area contributed by atoms with Gasteiger partial charge in [-0.05, 0) is 6.92 Å². The first-order valence-electron chi connectivity index (χ1n) is 7.76. The minimum Gasteiger partial charge on any atom is -0.368 e. The molecule has 2 aromatic heterocycles. The number of rotatable bonds is 2. The van der Waals surface area contributed by atoms with E-state index in [0.717, 1.165) is 35.3 Å². The number of anilines is 2. The van der Waals surface area contributed by atoms with Gasteiger partial charge in [-0.15, -0.1) is 11.3 Å². The van der Waals surface area contributed by atoms with E-state index in [1.807, 2.05) is 13.0 Å². The molecular weight excluding hydrogens is 310 g/mol. The Morgan fingerprint density at radius 2 is 2.09 bits per heavy atom. The molecule has 0 saturated carbocycles. The number of thiazole rings is 1. The van der Waals surface area contributed by atoms with Gasteiger partial charge in [0.25, 0.3) is 0 Å². The third-order valence-corrected chi connectivity index (χ3v) is 4.75. The van der Waals surface area contributed by atoms with Crippen LogP contribution in [0.25, 0.3) is 0 Å². The largest absolute Gasteiger partial charge is 0.368 e. The average Bonchev–Trinajstić information content (AvgIpc) is 2.96. The third-order valence-electron chi connectivity index (χ3n) is 3.81. The molecule has 0 aliphatic carbocycles. The highest BCUT2D eigenvalue weighted by Crippen LogP contribution is 2.31. The van der Waals surface area contributed by atoms with Crippen molar-refractivity contribution in [3.8, 4) is 0 Å². The van der Waals surface area contributed by atoms with Crippen LogP contribution in [0.4, 0.5) is 11.8 Å². The molecule has 0 spiro atoms. The van der Waals surface area contributed by atoms with Crippen molar-refractivity contribution in [1.29, 1.82) is 0 Å². The maximum atomic E-state index is 5.93. The highest BCUT2D eigenvalue weighted by atomic mass is 32.1. The molecule has 7 heteroatoms. The first-order valence-corrected chi connectivity index (χ1v) is 8.64. The van der Waals surface area contributed by atoms with Gasteiger partial charge in [0, 0.05) is 29.1 Å². The first kappa shape index (κ1) is 16.1. The number of nitrogen functional groups attached to an aromatic ring is 1. The molecule has 1 aliphatic rings. The van der Waals surface area contributed by atoms with Crippen LogP contribution in [0, 0.1) is 6.92 Å². The molecule has 6 nitrogen and oxygen atoms in total. The number of nitrogens with zero attached hydrogens (tertiary/aromatic N) is 4. The molecule has 0 radical (unpaired) electrons. The Hall–Kier alpha value is -1.73. The summed E-state index contributed by atoms with van der Waals surface area (Å²) in [5.41, 5.74) is 7.82. The summed E-state index contributed by atoms with van der Waals surface area (Å²) in [4.78, 5) is 15.5. The van der Waals surface area contributed by atoms with Gasteiger partial charge in [0.05, 0.1) is 18.8 Å². The number of hydrogen-bond donors (Lipinski definition) is 1. The van der Waals surface area contributed by atoms with Crippen LogP contribution in [0.1, 0.15) is 43.3 Å². The van der Waals surface area contributed by atoms with Gasteiger partial charge in [-0.25, -0.2) is 9.97 Å².